The van der Waals surface area contributed by atoms with Crippen LogP contribution < -0.4 is 15.8 Å². The number of hydrogen-bond acceptors (Lipinski definition) is 2. The van der Waals surface area contributed by atoms with Crippen molar-refractivity contribution in [2.45, 2.75) is 12.8 Å². The summed E-state index contributed by atoms with van der Waals surface area (Å²) in [5.74, 6) is -2.03. The van der Waals surface area contributed by atoms with Gasteiger partial charge in [-0.15, -0.1) is 13.2 Å². The highest BCUT2D eigenvalue weighted by molar-refractivity contribution is 5.93. The topological polar surface area (TPSA) is 59.6 Å². The summed E-state index contributed by atoms with van der Waals surface area (Å²) in [7, 11) is 0. The largest absolute Gasteiger partial charge is 0.573 e. The molecule has 0 spiro atoms. The van der Waals surface area contributed by atoms with E-state index in [1.807, 2.05) is 0 Å². The van der Waals surface area contributed by atoms with Gasteiger partial charge in [0.05, 0.1) is 5.69 Å². The summed E-state index contributed by atoms with van der Waals surface area (Å²) >= 11 is 0. The summed E-state index contributed by atoms with van der Waals surface area (Å²) in [6.45, 7) is 0.0873. The second-order valence-electron chi connectivity index (χ2n) is 4.96. The van der Waals surface area contributed by atoms with Crippen LogP contribution in [0.15, 0.2) is 47.5 Å². The highest BCUT2D eigenvalue weighted by atomic mass is 19.4. The Balaban J connectivity index is 1.99. The van der Waals surface area contributed by atoms with Crippen molar-refractivity contribution in [1.29, 1.82) is 0 Å². The molecular formula is C16H14F5N3O. The fourth-order valence-electron chi connectivity index (χ4n) is 2.02. The molecule has 0 atom stereocenters. The lowest BCUT2D eigenvalue weighted by Crippen LogP contribution is -2.24. The number of guanidine groups is 1. The zero-order valence-corrected chi connectivity index (χ0v) is 12.8. The average molecular weight is 359 g/mol. The molecule has 4 nitrogen and oxygen atoms in total. The fourth-order valence-corrected chi connectivity index (χ4v) is 2.02. The molecule has 0 bridgehead atoms. The third kappa shape index (κ3) is 6.28. The standard InChI is InChI=1S/C16H14F5N3O/c17-11-7-10(8-12(18)9-11)5-6-23-15(22)24-13-3-1-2-4-14(13)25-16(19,20)21/h1-4,7-9H,5-6H2,(H3,22,23,24). The zero-order chi connectivity index (χ0) is 18.4. The SMILES string of the molecule is NC(=NCCc1cc(F)cc(F)c1)Nc1ccccc1OC(F)(F)F. The van der Waals surface area contributed by atoms with E-state index >= 15 is 0 Å². The minimum Gasteiger partial charge on any atom is -0.404 e. The van der Waals surface area contributed by atoms with Crippen molar-refractivity contribution in [2.75, 3.05) is 11.9 Å². The molecule has 0 aliphatic carbocycles. The maximum atomic E-state index is 13.1. The number of para-hydroxylation sites is 2. The van der Waals surface area contributed by atoms with Crippen molar-refractivity contribution in [3.8, 4) is 5.75 Å². The van der Waals surface area contributed by atoms with Crippen LogP contribution in [0, 0.1) is 11.6 Å². The number of nitrogens with zero attached hydrogens (tertiary/aromatic N) is 1. The third-order valence-corrected chi connectivity index (χ3v) is 2.98. The first kappa shape index (κ1) is 18.5. The second kappa shape index (κ2) is 7.82. The van der Waals surface area contributed by atoms with Gasteiger partial charge < -0.3 is 15.8 Å². The number of benzene rings is 2. The molecule has 9 heteroatoms. The molecule has 0 saturated carbocycles. The molecular weight excluding hydrogens is 345 g/mol. The van der Waals surface area contributed by atoms with Gasteiger partial charge in [-0.3, -0.25) is 4.99 Å². The average Bonchev–Trinajstić information content (AvgIpc) is 2.47. The van der Waals surface area contributed by atoms with Crippen molar-refractivity contribution in [3.05, 3.63) is 59.7 Å². The predicted molar refractivity (Wildman–Crippen MR) is 83.3 cm³/mol. The van der Waals surface area contributed by atoms with E-state index in [2.05, 4.69) is 15.0 Å². The Kier molecular flexibility index (Phi) is 5.79. The highest BCUT2D eigenvalue weighted by Gasteiger charge is 2.32. The van der Waals surface area contributed by atoms with Crippen molar-refractivity contribution < 1.29 is 26.7 Å². The monoisotopic (exact) mass is 359 g/mol. The van der Waals surface area contributed by atoms with Crippen molar-refractivity contribution in [2.24, 2.45) is 10.7 Å². The Morgan fingerprint density at radius 2 is 1.72 bits per heavy atom. The Labute approximate surface area is 140 Å². The summed E-state index contributed by atoms with van der Waals surface area (Å²) < 4.78 is 67.0. The molecule has 0 heterocycles. The third-order valence-electron chi connectivity index (χ3n) is 2.98. The molecule has 0 amide bonds. The van der Waals surface area contributed by atoms with Gasteiger partial charge in [0.2, 0.25) is 0 Å². The first-order valence-corrected chi connectivity index (χ1v) is 7.09. The quantitative estimate of drug-likeness (QED) is 0.485. The summed E-state index contributed by atoms with van der Waals surface area (Å²) in [5, 5.41) is 2.50. The zero-order valence-electron chi connectivity index (χ0n) is 12.8. The number of halogens is 5. The van der Waals surface area contributed by atoms with Gasteiger partial charge in [-0.1, -0.05) is 12.1 Å². The minimum absolute atomic E-state index is 0.0159. The maximum absolute atomic E-state index is 13.1. The van der Waals surface area contributed by atoms with Crippen LogP contribution in [-0.2, 0) is 6.42 Å². The van der Waals surface area contributed by atoms with E-state index in [1.165, 1.54) is 18.2 Å². The Morgan fingerprint density at radius 3 is 2.36 bits per heavy atom. The number of anilines is 1. The van der Waals surface area contributed by atoms with E-state index in [9.17, 15) is 22.0 Å². The van der Waals surface area contributed by atoms with Crippen LogP contribution >= 0.6 is 0 Å². The van der Waals surface area contributed by atoms with Crippen LogP contribution in [-0.4, -0.2) is 18.9 Å². The number of aliphatic imine (C=N–C) groups is 1. The van der Waals surface area contributed by atoms with E-state index in [0.717, 1.165) is 24.3 Å². The van der Waals surface area contributed by atoms with Crippen molar-refractivity contribution in [3.63, 3.8) is 0 Å². The van der Waals surface area contributed by atoms with E-state index in [4.69, 9.17) is 5.73 Å². The number of nitrogens with two attached hydrogens (primary N) is 1. The predicted octanol–water partition coefficient (Wildman–Crippen LogP) is 3.83. The van der Waals surface area contributed by atoms with Gasteiger partial charge in [-0.05, 0) is 36.2 Å². The lowest BCUT2D eigenvalue weighted by atomic mass is 10.1. The van der Waals surface area contributed by atoms with E-state index < -0.39 is 23.7 Å². The van der Waals surface area contributed by atoms with Crippen LogP contribution in [0.2, 0.25) is 0 Å². The molecule has 0 aliphatic rings. The molecule has 25 heavy (non-hydrogen) atoms. The molecule has 0 aromatic heterocycles. The van der Waals surface area contributed by atoms with Gasteiger partial charge in [-0.25, -0.2) is 8.78 Å². The second-order valence-corrected chi connectivity index (χ2v) is 4.96. The summed E-state index contributed by atoms with van der Waals surface area (Å²) in [6.07, 6.45) is -4.64. The molecule has 0 unspecified atom stereocenters. The first-order chi connectivity index (χ1) is 11.7. The molecule has 0 aliphatic heterocycles. The van der Waals surface area contributed by atoms with Gasteiger partial charge in [-0.2, -0.15) is 0 Å². The van der Waals surface area contributed by atoms with E-state index in [-0.39, 0.29) is 24.6 Å². The number of ether oxygens (including phenoxy) is 1. The molecule has 2 aromatic rings. The van der Waals surface area contributed by atoms with E-state index in [0.29, 0.717) is 5.56 Å². The molecule has 134 valence electrons. The Morgan fingerprint density at radius 1 is 1.08 bits per heavy atom. The summed E-state index contributed by atoms with van der Waals surface area (Å²) in [6, 6.07) is 8.40. The molecule has 3 N–H and O–H groups in total. The number of hydrogen-bond donors (Lipinski definition) is 2. The fraction of sp³-hybridized carbons (Fsp3) is 0.188. The molecule has 0 radical (unpaired) electrons. The van der Waals surface area contributed by atoms with Crippen molar-refractivity contribution in [1.82, 2.24) is 0 Å². The van der Waals surface area contributed by atoms with Crippen LogP contribution in [0.1, 0.15) is 5.56 Å². The maximum Gasteiger partial charge on any atom is 0.573 e. The van der Waals surface area contributed by atoms with Gasteiger partial charge in [0.1, 0.15) is 11.6 Å². The van der Waals surface area contributed by atoms with Crippen LogP contribution in [0.4, 0.5) is 27.6 Å². The van der Waals surface area contributed by atoms with Gasteiger partial charge in [0.25, 0.3) is 0 Å². The van der Waals surface area contributed by atoms with Gasteiger partial charge >= 0.3 is 6.36 Å². The number of nitrogens with one attached hydrogen (secondary N) is 1. The minimum atomic E-state index is -4.84. The smallest absolute Gasteiger partial charge is 0.404 e. The molecule has 2 rings (SSSR count). The lowest BCUT2D eigenvalue weighted by Gasteiger charge is -2.14. The Hall–Kier alpha value is -2.84. The lowest BCUT2D eigenvalue weighted by molar-refractivity contribution is -0.274. The first-order valence-electron chi connectivity index (χ1n) is 7.09. The van der Waals surface area contributed by atoms with E-state index in [1.54, 1.807) is 0 Å². The van der Waals surface area contributed by atoms with Crippen molar-refractivity contribution >= 4 is 11.6 Å². The Bertz CT molecular complexity index is 741. The number of alkyl halides is 3. The van der Waals surface area contributed by atoms with Crippen LogP contribution in [0.5, 0.6) is 5.75 Å². The summed E-state index contributed by atoms with van der Waals surface area (Å²) in [5.41, 5.74) is 5.98. The molecule has 0 fully saturated rings. The molecule has 0 saturated heterocycles. The van der Waals surface area contributed by atoms with Gasteiger partial charge in [0, 0.05) is 12.6 Å². The van der Waals surface area contributed by atoms with Gasteiger partial charge in [0.15, 0.2) is 11.7 Å². The highest BCUT2D eigenvalue weighted by Crippen LogP contribution is 2.29. The van der Waals surface area contributed by atoms with Crippen LogP contribution in [0.3, 0.4) is 0 Å². The normalized spacial score (nSPS) is 12.1. The number of rotatable bonds is 5. The summed E-state index contributed by atoms with van der Waals surface area (Å²) in [4.78, 5) is 3.91. The van der Waals surface area contributed by atoms with Crippen LogP contribution in [0.25, 0.3) is 0 Å². The molecule has 2 aromatic carbocycles.